The van der Waals surface area contributed by atoms with E-state index in [2.05, 4.69) is 13.8 Å². The fourth-order valence-corrected chi connectivity index (χ4v) is 3.08. The van der Waals surface area contributed by atoms with E-state index < -0.39 is 0 Å². The Morgan fingerprint density at radius 3 is 1.33 bits per heavy atom. The zero-order valence-electron chi connectivity index (χ0n) is 15.2. The predicted molar refractivity (Wildman–Crippen MR) is 95.3 cm³/mol. The van der Waals surface area contributed by atoms with Crippen molar-refractivity contribution in [2.45, 2.75) is 104 Å². The molecule has 0 aromatic heterocycles. The van der Waals surface area contributed by atoms with Gasteiger partial charge in [0.2, 0.25) is 0 Å². The van der Waals surface area contributed by atoms with Crippen LogP contribution < -0.4 is 0 Å². The minimum atomic E-state index is 0.0360. The van der Waals surface area contributed by atoms with Crippen LogP contribution in [0, 0.1) is 5.21 Å². The van der Waals surface area contributed by atoms with E-state index in [9.17, 15) is 5.21 Å². The monoisotopic (exact) mass is 299 g/mol. The molecule has 0 aromatic rings. The molecule has 0 heterocycles. The minimum absolute atomic E-state index is 0.0360. The van der Waals surface area contributed by atoms with Crippen LogP contribution >= 0.6 is 0 Å². The molecule has 0 fully saturated rings. The highest BCUT2D eigenvalue weighted by atomic mass is 16.5. The Bertz CT molecular complexity index is 208. The van der Waals surface area contributed by atoms with Gasteiger partial charge in [-0.1, -0.05) is 78.1 Å². The van der Waals surface area contributed by atoms with Gasteiger partial charge in [0.25, 0.3) is 0 Å². The van der Waals surface area contributed by atoms with Crippen LogP contribution in [-0.2, 0) is 0 Å². The molecular formula is C19H41NO. The van der Waals surface area contributed by atoms with E-state index in [0.29, 0.717) is 0 Å². The SMILES string of the molecule is CCCCCCCCCCCCCC[N+]([O-])(CC)CCC. The summed E-state index contributed by atoms with van der Waals surface area (Å²) in [6.07, 6.45) is 17.4. The zero-order valence-corrected chi connectivity index (χ0v) is 15.2. The second-order valence-corrected chi connectivity index (χ2v) is 6.71. The number of nitrogens with zero attached hydrogens (tertiary/aromatic N) is 1. The molecule has 0 N–H and O–H groups in total. The fraction of sp³-hybridized carbons (Fsp3) is 1.00. The third kappa shape index (κ3) is 13.3. The Labute approximate surface area is 134 Å². The Hall–Kier alpha value is -0.0800. The van der Waals surface area contributed by atoms with Crippen LogP contribution in [0.25, 0.3) is 0 Å². The molecule has 2 heteroatoms. The molecule has 0 saturated carbocycles. The molecule has 0 bridgehead atoms. The van der Waals surface area contributed by atoms with Gasteiger partial charge in [0.1, 0.15) is 0 Å². The summed E-state index contributed by atoms with van der Waals surface area (Å²) in [5.74, 6) is 0. The number of rotatable bonds is 16. The highest BCUT2D eigenvalue weighted by Gasteiger charge is 2.11. The summed E-state index contributed by atoms with van der Waals surface area (Å²) in [6.45, 7) is 8.80. The summed E-state index contributed by atoms with van der Waals surface area (Å²) >= 11 is 0. The van der Waals surface area contributed by atoms with Crippen molar-refractivity contribution in [3.05, 3.63) is 5.21 Å². The average molecular weight is 300 g/mol. The molecule has 1 atom stereocenters. The Morgan fingerprint density at radius 1 is 0.524 bits per heavy atom. The Balaban J connectivity index is 3.25. The second-order valence-electron chi connectivity index (χ2n) is 6.71. The predicted octanol–water partition coefficient (Wildman–Crippen LogP) is 6.43. The van der Waals surface area contributed by atoms with Crippen LogP contribution in [-0.4, -0.2) is 24.3 Å². The first-order chi connectivity index (χ1) is 10.2. The number of hydrogen-bond donors (Lipinski definition) is 0. The van der Waals surface area contributed by atoms with Gasteiger partial charge in [0.15, 0.2) is 0 Å². The van der Waals surface area contributed by atoms with Gasteiger partial charge in [0, 0.05) is 0 Å². The quantitative estimate of drug-likeness (QED) is 0.183. The van der Waals surface area contributed by atoms with Gasteiger partial charge in [-0.3, -0.25) is 0 Å². The molecule has 2 nitrogen and oxygen atoms in total. The third-order valence-corrected chi connectivity index (χ3v) is 4.63. The van der Waals surface area contributed by atoms with E-state index in [1.54, 1.807) is 0 Å². The molecule has 128 valence electrons. The first-order valence-electron chi connectivity index (χ1n) is 9.75. The van der Waals surface area contributed by atoms with Crippen molar-refractivity contribution in [1.82, 2.24) is 0 Å². The van der Waals surface area contributed by atoms with E-state index in [1.807, 2.05) is 6.92 Å². The minimum Gasteiger partial charge on any atom is -0.633 e. The van der Waals surface area contributed by atoms with Gasteiger partial charge in [0.05, 0.1) is 19.6 Å². The van der Waals surface area contributed by atoms with Crippen molar-refractivity contribution < 1.29 is 4.65 Å². The molecule has 0 radical (unpaired) electrons. The van der Waals surface area contributed by atoms with Gasteiger partial charge in [-0.15, -0.1) is 0 Å². The molecule has 0 aliphatic rings. The summed E-state index contributed by atoms with van der Waals surface area (Å²) in [5, 5.41) is 12.3. The number of hydrogen-bond acceptors (Lipinski definition) is 1. The molecule has 0 aromatic carbocycles. The van der Waals surface area contributed by atoms with E-state index >= 15 is 0 Å². The fourth-order valence-electron chi connectivity index (χ4n) is 3.08. The van der Waals surface area contributed by atoms with E-state index in [0.717, 1.165) is 32.5 Å². The van der Waals surface area contributed by atoms with Crippen LogP contribution in [0.1, 0.15) is 104 Å². The molecule has 1 unspecified atom stereocenters. The van der Waals surface area contributed by atoms with Crippen molar-refractivity contribution in [3.8, 4) is 0 Å². The maximum absolute atomic E-state index is 12.3. The van der Waals surface area contributed by atoms with Crippen LogP contribution in [0.5, 0.6) is 0 Å². The standard InChI is InChI=1S/C19H41NO/c1-4-7-8-9-10-11-12-13-14-15-16-17-19-20(21,6-3)18-5-2/h4-19H2,1-3H3. The van der Waals surface area contributed by atoms with Crippen LogP contribution in [0.2, 0.25) is 0 Å². The van der Waals surface area contributed by atoms with Crippen molar-refractivity contribution in [1.29, 1.82) is 0 Å². The normalized spacial score (nSPS) is 14.3. The van der Waals surface area contributed by atoms with Gasteiger partial charge in [-0.25, -0.2) is 0 Å². The van der Waals surface area contributed by atoms with E-state index in [4.69, 9.17) is 0 Å². The molecule has 21 heavy (non-hydrogen) atoms. The first kappa shape index (κ1) is 20.9. The van der Waals surface area contributed by atoms with Crippen molar-refractivity contribution in [2.75, 3.05) is 19.6 Å². The summed E-state index contributed by atoms with van der Waals surface area (Å²) in [7, 11) is 0. The van der Waals surface area contributed by atoms with Crippen molar-refractivity contribution in [3.63, 3.8) is 0 Å². The highest BCUT2D eigenvalue weighted by molar-refractivity contribution is 4.49. The lowest BCUT2D eigenvalue weighted by Gasteiger charge is -2.42. The van der Waals surface area contributed by atoms with Crippen LogP contribution in [0.4, 0.5) is 0 Å². The van der Waals surface area contributed by atoms with Gasteiger partial charge in [-0.2, -0.15) is 0 Å². The number of hydroxylamine groups is 3. The largest absolute Gasteiger partial charge is 0.633 e. The molecular weight excluding hydrogens is 258 g/mol. The zero-order chi connectivity index (χ0) is 15.8. The highest BCUT2D eigenvalue weighted by Crippen LogP contribution is 2.13. The Morgan fingerprint density at radius 2 is 0.952 bits per heavy atom. The van der Waals surface area contributed by atoms with E-state index in [1.165, 1.54) is 70.6 Å². The summed E-state index contributed by atoms with van der Waals surface area (Å²) < 4.78 is 0.0360. The molecule has 0 rings (SSSR count). The lowest BCUT2D eigenvalue weighted by molar-refractivity contribution is -0.879. The van der Waals surface area contributed by atoms with Gasteiger partial charge in [-0.05, 0) is 26.2 Å². The van der Waals surface area contributed by atoms with Gasteiger partial charge < -0.3 is 9.85 Å². The topological polar surface area (TPSA) is 23.1 Å². The van der Waals surface area contributed by atoms with E-state index in [-0.39, 0.29) is 4.65 Å². The number of unbranched alkanes of at least 4 members (excludes halogenated alkanes) is 11. The van der Waals surface area contributed by atoms with Crippen molar-refractivity contribution in [2.24, 2.45) is 0 Å². The molecule has 0 aliphatic carbocycles. The molecule has 0 saturated heterocycles. The number of quaternary nitrogens is 1. The maximum atomic E-state index is 12.3. The maximum Gasteiger partial charge on any atom is 0.0783 e. The van der Waals surface area contributed by atoms with Crippen LogP contribution in [0.3, 0.4) is 0 Å². The molecule has 0 aliphatic heterocycles. The third-order valence-electron chi connectivity index (χ3n) is 4.63. The molecule has 0 spiro atoms. The smallest absolute Gasteiger partial charge is 0.0783 e. The van der Waals surface area contributed by atoms with Crippen molar-refractivity contribution >= 4 is 0 Å². The summed E-state index contributed by atoms with van der Waals surface area (Å²) in [5.41, 5.74) is 0. The van der Waals surface area contributed by atoms with Crippen LogP contribution in [0.15, 0.2) is 0 Å². The average Bonchev–Trinajstić information content (AvgIpc) is 2.48. The lowest BCUT2D eigenvalue weighted by atomic mass is 10.1. The Kier molecular flexibility index (Phi) is 14.8. The summed E-state index contributed by atoms with van der Waals surface area (Å²) in [4.78, 5) is 0. The van der Waals surface area contributed by atoms with Gasteiger partial charge >= 0.3 is 0 Å². The summed E-state index contributed by atoms with van der Waals surface area (Å²) in [6, 6.07) is 0. The first-order valence-corrected chi connectivity index (χ1v) is 9.75. The molecule has 0 amide bonds. The lowest BCUT2D eigenvalue weighted by Crippen LogP contribution is -2.43. The second kappa shape index (κ2) is 14.8.